The Balaban J connectivity index is 1.85. The van der Waals surface area contributed by atoms with E-state index in [0.29, 0.717) is 19.4 Å². The topological polar surface area (TPSA) is 61.5 Å². The van der Waals surface area contributed by atoms with Crippen molar-refractivity contribution >= 4 is 38.9 Å². The Labute approximate surface area is 185 Å². The molecule has 0 bridgehead atoms. The summed E-state index contributed by atoms with van der Waals surface area (Å²) in [4.78, 5) is 2.15. The summed E-state index contributed by atoms with van der Waals surface area (Å²) in [6, 6.07) is 14.7. The van der Waals surface area contributed by atoms with Crippen molar-refractivity contribution in [2.75, 3.05) is 24.7 Å². The summed E-state index contributed by atoms with van der Waals surface area (Å²) in [7, 11) is 0.240. The highest BCUT2D eigenvalue weighted by molar-refractivity contribution is 7.85. The van der Waals surface area contributed by atoms with E-state index in [-0.39, 0.29) is 5.75 Å². The molecule has 0 amide bonds. The predicted octanol–water partition coefficient (Wildman–Crippen LogP) is 4.65. The molecule has 5 nitrogen and oxygen atoms in total. The lowest BCUT2D eigenvalue weighted by Crippen LogP contribution is -2.34. The zero-order valence-corrected chi connectivity index (χ0v) is 19.5. The Morgan fingerprint density at radius 2 is 1.68 bits per heavy atom. The molecule has 0 saturated heterocycles. The van der Waals surface area contributed by atoms with Gasteiger partial charge in [0.25, 0.3) is 10.1 Å². The molecule has 31 heavy (non-hydrogen) atoms. The minimum atomic E-state index is -3.90. The lowest BCUT2D eigenvalue weighted by atomic mass is 10.0. The molecule has 0 spiro atoms. The van der Waals surface area contributed by atoms with E-state index in [4.69, 9.17) is 4.55 Å². The monoisotopic (exact) mass is 439 g/mol. The van der Waals surface area contributed by atoms with Gasteiger partial charge in [0.05, 0.1) is 11.1 Å². The molecule has 0 unspecified atom stereocenters. The summed E-state index contributed by atoms with van der Waals surface area (Å²) in [5.41, 5.74) is 7.18. The van der Waals surface area contributed by atoms with Gasteiger partial charge in [-0.15, -0.1) is 0 Å². The Bertz CT molecular complexity index is 1190. The fourth-order valence-corrected chi connectivity index (χ4v) is 4.76. The average molecular weight is 440 g/mol. The Hall–Kier alpha value is -2.70. The molecule has 0 radical (unpaired) electrons. The third-order valence-electron chi connectivity index (χ3n) is 5.43. The molecule has 0 aliphatic heterocycles. The molecule has 0 saturated carbocycles. The van der Waals surface area contributed by atoms with Gasteiger partial charge in [0.1, 0.15) is 6.54 Å². The summed E-state index contributed by atoms with van der Waals surface area (Å²) >= 11 is 0. The van der Waals surface area contributed by atoms with Gasteiger partial charge in [-0.1, -0.05) is 24.3 Å². The minimum absolute atomic E-state index is 0.197. The number of pyridine rings is 1. The third-order valence-corrected chi connectivity index (χ3v) is 6.23. The average Bonchev–Trinajstić information content (AvgIpc) is 2.68. The first kappa shape index (κ1) is 23.0. The highest BCUT2D eigenvalue weighted by atomic mass is 32.2. The van der Waals surface area contributed by atoms with Gasteiger partial charge < -0.3 is 4.90 Å². The highest BCUT2D eigenvalue weighted by Crippen LogP contribution is 2.26. The molecule has 6 heteroatoms. The lowest BCUT2D eigenvalue weighted by molar-refractivity contribution is -0.671. The van der Waals surface area contributed by atoms with Crippen LogP contribution in [-0.2, 0) is 16.7 Å². The number of para-hydroxylation sites is 1. The van der Waals surface area contributed by atoms with Crippen molar-refractivity contribution < 1.29 is 17.5 Å². The summed E-state index contributed by atoms with van der Waals surface area (Å²) in [6.45, 7) is 4.98. The van der Waals surface area contributed by atoms with Gasteiger partial charge >= 0.3 is 0 Å². The van der Waals surface area contributed by atoms with Gasteiger partial charge in [0.15, 0.2) is 6.20 Å². The first-order valence-corrected chi connectivity index (χ1v) is 12.1. The number of hydrogen-bond donors (Lipinski definition) is 1. The van der Waals surface area contributed by atoms with E-state index in [2.05, 4.69) is 79.9 Å². The molecule has 2 aromatic carbocycles. The van der Waals surface area contributed by atoms with Crippen LogP contribution in [0.1, 0.15) is 35.1 Å². The SMILES string of the molecule is Cc1cc(/C=C/c2cc[n+](CCCCS(=O)(=O)O)c3ccccc23)cc(C)c1N(C)C. The van der Waals surface area contributed by atoms with Crippen molar-refractivity contribution in [1.82, 2.24) is 0 Å². The van der Waals surface area contributed by atoms with Crippen LogP contribution in [0.5, 0.6) is 0 Å². The first-order valence-electron chi connectivity index (χ1n) is 10.5. The first-order chi connectivity index (χ1) is 14.7. The van der Waals surface area contributed by atoms with Gasteiger partial charge in [0.2, 0.25) is 5.52 Å². The van der Waals surface area contributed by atoms with Gasteiger partial charge in [-0.25, -0.2) is 0 Å². The number of anilines is 1. The van der Waals surface area contributed by atoms with E-state index < -0.39 is 10.1 Å². The summed E-state index contributed by atoms with van der Waals surface area (Å²) in [6.07, 6.45) is 7.46. The minimum Gasteiger partial charge on any atom is -0.377 e. The summed E-state index contributed by atoms with van der Waals surface area (Å²) in [5.74, 6) is -0.197. The van der Waals surface area contributed by atoms with Crippen molar-refractivity contribution in [2.45, 2.75) is 33.2 Å². The van der Waals surface area contributed by atoms with Crippen LogP contribution in [0.2, 0.25) is 0 Å². The third kappa shape index (κ3) is 5.93. The lowest BCUT2D eigenvalue weighted by Gasteiger charge is -2.19. The van der Waals surface area contributed by atoms with Crippen molar-refractivity contribution in [3.8, 4) is 0 Å². The van der Waals surface area contributed by atoms with Gasteiger partial charge in [-0.2, -0.15) is 13.0 Å². The fraction of sp³-hybridized carbons (Fsp3) is 0.320. The van der Waals surface area contributed by atoms with Crippen molar-refractivity contribution in [3.63, 3.8) is 0 Å². The fourth-order valence-electron chi connectivity index (χ4n) is 4.19. The molecule has 3 rings (SSSR count). The Morgan fingerprint density at radius 3 is 2.32 bits per heavy atom. The molecule has 1 N–H and O–H groups in total. The van der Waals surface area contributed by atoms with Crippen LogP contribution in [0.4, 0.5) is 5.69 Å². The van der Waals surface area contributed by atoms with E-state index in [1.165, 1.54) is 22.4 Å². The largest absolute Gasteiger partial charge is 0.377 e. The molecule has 1 heterocycles. The normalized spacial score (nSPS) is 12.0. The maximum Gasteiger partial charge on any atom is 0.264 e. The van der Waals surface area contributed by atoms with Crippen molar-refractivity contribution in [1.29, 1.82) is 0 Å². The van der Waals surface area contributed by atoms with Crippen LogP contribution < -0.4 is 9.47 Å². The highest BCUT2D eigenvalue weighted by Gasteiger charge is 2.12. The number of benzene rings is 2. The molecular weight excluding hydrogens is 408 g/mol. The molecule has 0 aliphatic carbocycles. The second-order valence-electron chi connectivity index (χ2n) is 8.21. The molecule has 0 fully saturated rings. The number of aryl methyl sites for hydroxylation is 3. The van der Waals surface area contributed by atoms with Crippen LogP contribution in [0.3, 0.4) is 0 Å². The van der Waals surface area contributed by atoms with E-state index in [1.54, 1.807) is 0 Å². The predicted molar refractivity (Wildman–Crippen MR) is 129 cm³/mol. The summed E-state index contributed by atoms with van der Waals surface area (Å²) < 4.78 is 32.9. The van der Waals surface area contributed by atoms with E-state index in [1.807, 2.05) is 18.3 Å². The Kier molecular flexibility index (Phi) is 7.13. The van der Waals surface area contributed by atoms with E-state index in [9.17, 15) is 8.42 Å². The zero-order valence-electron chi connectivity index (χ0n) is 18.7. The van der Waals surface area contributed by atoms with Gasteiger partial charge in [0, 0.05) is 38.3 Å². The number of aromatic nitrogens is 1. The van der Waals surface area contributed by atoms with Crippen molar-refractivity contribution in [3.05, 3.63) is 70.9 Å². The number of fused-ring (bicyclic) bond motifs is 1. The number of nitrogens with zero attached hydrogens (tertiary/aromatic N) is 2. The van der Waals surface area contributed by atoms with Gasteiger partial charge in [-0.05, 0) is 60.7 Å². The molecule has 1 aromatic heterocycles. The molecule has 3 aromatic rings. The van der Waals surface area contributed by atoms with E-state index >= 15 is 0 Å². The van der Waals surface area contributed by atoms with Crippen LogP contribution in [0.25, 0.3) is 23.1 Å². The smallest absolute Gasteiger partial charge is 0.264 e. The van der Waals surface area contributed by atoms with Crippen LogP contribution >= 0.6 is 0 Å². The number of hydrogen-bond acceptors (Lipinski definition) is 3. The second-order valence-corrected chi connectivity index (χ2v) is 9.78. The number of unbranched alkanes of at least 4 members (excludes halogenated alkanes) is 1. The van der Waals surface area contributed by atoms with Gasteiger partial charge in [-0.3, -0.25) is 4.55 Å². The maximum absolute atomic E-state index is 10.9. The zero-order chi connectivity index (χ0) is 22.6. The van der Waals surface area contributed by atoms with Crippen LogP contribution in [0, 0.1) is 13.8 Å². The summed E-state index contributed by atoms with van der Waals surface area (Å²) in [5, 5.41) is 1.15. The standard InChI is InChI=1S/C25H30N2O3S/c1-19-17-21(18-20(2)25(19)26(3)4)11-12-22-13-15-27(14-7-8-16-31(28,29)30)24-10-6-5-9-23(22)24/h5-6,9-13,15,17-18H,7-8,14,16H2,1-4H3/p+1. The molecular formula is C25H31N2O3S+. The number of rotatable bonds is 8. The maximum atomic E-state index is 10.9. The van der Waals surface area contributed by atoms with Crippen LogP contribution in [0.15, 0.2) is 48.7 Å². The van der Waals surface area contributed by atoms with Crippen molar-refractivity contribution in [2.24, 2.45) is 0 Å². The molecule has 0 aliphatic rings. The molecule has 164 valence electrons. The molecule has 0 atom stereocenters. The van der Waals surface area contributed by atoms with E-state index in [0.717, 1.165) is 16.5 Å². The second kappa shape index (κ2) is 9.62. The Morgan fingerprint density at radius 1 is 1.00 bits per heavy atom. The quantitative estimate of drug-likeness (QED) is 0.315. The van der Waals surface area contributed by atoms with Crippen LogP contribution in [-0.4, -0.2) is 32.8 Å².